The predicted octanol–water partition coefficient (Wildman–Crippen LogP) is 0.592. The van der Waals surface area contributed by atoms with E-state index in [2.05, 4.69) is 0 Å². The van der Waals surface area contributed by atoms with Crippen LogP contribution in [-0.2, 0) is 4.79 Å². The molecule has 0 saturated heterocycles. The summed E-state index contributed by atoms with van der Waals surface area (Å²) in [7, 11) is 0. The van der Waals surface area contributed by atoms with Crippen molar-refractivity contribution in [2.75, 3.05) is 13.1 Å². The molecule has 0 aliphatic rings. The van der Waals surface area contributed by atoms with Gasteiger partial charge >= 0.3 is 0 Å². The van der Waals surface area contributed by atoms with Crippen molar-refractivity contribution in [3.8, 4) is 0 Å². The monoisotopic (exact) mass is 158 g/mol. The maximum Gasteiger partial charge on any atom is 0.237 e. The van der Waals surface area contributed by atoms with Gasteiger partial charge in [0.05, 0.1) is 5.54 Å². The molecule has 0 aliphatic carbocycles. The first-order valence-electron chi connectivity index (χ1n) is 4.01. The minimum atomic E-state index is -0.510. The van der Waals surface area contributed by atoms with Gasteiger partial charge in [-0.1, -0.05) is 13.8 Å². The van der Waals surface area contributed by atoms with Gasteiger partial charge < -0.3 is 5.73 Å². The Morgan fingerprint density at radius 3 is 1.82 bits per heavy atom. The zero-order chi connectivity index (χ0) is 9.07. The molecule has 0 fully saturated rings. The molecular weight excluding hydrogens is 140 g/mol. The fraction of sp³-hybridized carbons (Fsp3) is 0.875. The quantitative estimate of drug-likeness (QED) is 0.651. The van der Waals surface area contributed by atoms with E-state index >= 15 is 0 Å². The average Bonchev–Trinajstić information content (AvgIpc) is 1.89. The molecule has 0 bridgehead atoms. The zero-order valence-electron chi connectivity index (χ0n) is 7.85. The Bertz CT molecular complexity index is 139. The summed E-state index contributed by atoms with van der Waals surface area (Å²) in [6, 6.07) is 0. The van der Waals surface area contributed by atoms with E-state index in [1.165, 1.54) is 0 Å². The van der Waals surface area contributed by atoms with Crippen LogP contribution in [0, 0.1) is 0 Å². The lowest BCUT2D eigenvalue weighted by molar-refractivity contribution is -0.128. The standard InChI is InChI=1S/C8H18N2O/c1-5-10(6-2)8(3,4)7(9)11/h5-6H2,1-4H3,(H2,9,11). The van der Waals surface area contributed by atoms with Gasteiger partial charge in [0.1, 0.15) is 0 Å². The molecule has 0 radical (unpaired) electrons. The van der Waals surface area contributed by atoms with Crippen LogP contribution in [0.5, 0.6) is 0 Å². The molecule has 11 heavy (non-hydrogen) atoms. The highest BCUT2D eigenvalue weighted by atomic mass is 16.1. The summed E-state index contributed by atoms with van der Waals surface area (Å²) in [6.07, 6.45) is 0. The normalized spacial score (nSPS) is 12.1. The molecule has 0 rings (SSSR count). The summed E-state index contributed by atoms with van der Waals surface area (Å²) in [6.45, 7) is 9.45. The highest BCUT2D eigenvalue weighted by Crippen LogP contribution is 2.12. The molecule has 66 valence electrons. The van der Waals surface area contributed by atoms with Crippen molar-refractivity contribution in [1.82, 2.24) is 4.90 Å². The van der Waals surface area contributed by atoms with E-state index in [0.717, 1.165) is 13.1 Å². The lowest BCUT2D eigenvalue weighted by atomic mass is 10.0. The van der Waals surface area contributed by atoms with Gasteiger partial charge in [0.15, 0.2) is 0 Å². The number of hydrogen-bond acceptors (Lipinski definition) is 2. The SMILES string of the molecule is CCN(CC)C(C)(C)C(N)=O. The number of carbonyl (C=O) groups is 1. The fourth-order valence-electron chi connectivity index (χ4n) is 1.17. The van der Waals surface area contributed by atoms with Crippen LogP contribution in [0.3, 0.4) is 0 Å². The van der Waals surface area contributed by atoms with E-state index in [1.807, 2.05) is 32.6 Å². The smallest absolute Gasteiger partial charge is 0.237 e. The van der Waals surface area contributed by atoms with E-state index in [1.54, 1.807) is 0 Å². The second kappa shape index (κ2) is 3.72. The number of nitrogens with zero attached hydrogens (tertiary/aromatic N) is 1. The van der Waals surface area contributed by atoms with E-state index in [9.17, 15) is 4.79 Å². The largest absolute Gasteiger partial charge is 0.368 e. The molecule has 0 atom stereocenters. The highest BCUT2D eigenvalue weighted by molar-refractivity contribution is 5.83. The molecule has 0 aromatic heterocycles. The minimum absolute atomic E-state index is 0.263. The van der Waals surface area contributed by atoms with Crippen LogP contribution in [0.2, 0.25) is 0 Å². The van der Waals surface area contributed by atoms with Crippen LogP contribution in [0.25, 0.3) is 0 Å². The highest BCUT2D eigenvalue weighted by Gasteiger charge is 2.30. The second-order valence-electron chi connectivity index (χ2n) is 3.10. The summed E-state index contributed by atoms with van der Waals surface area (Å²) < 4.78 is 0. The summed E-state index contributed by atoms with van der Waals surface area (Å²) >= 11 is 0. The molecule has 0 heterocycles. The molecule has 0 unspecified atom stereocenters. The number of carbonyl (C=O) groups excluding carboxylic acids is 1. The number of primary amides is 1. The number of nitrogens with two attached hydrogens (primary N) is 1. The van der Waals surface area contributed by atoms with Crippen LogP contribution in [0.1, 0.15) is 27.7 Å². The van der Waals surface area contributed by atoms with Crippen molar-refractivity contribution >= 4 is 5.91 Å². The number of amides is 1. The van der Waals surface area contributed by atoms with Crippen molar-refractivity contribution in [2.24, 2.45) is 5.73 Å². The van der Waals surface area contributed by atoms with Crippen molar-refractivity contribution in [1.29, 1.82) is 0 Å². The van der Waals surface area contributed by atoms with Crippen LogP contribution in [0.4, 0.5) is 0 Å². The third-order valence-electron chi connectivity index (χ3n) is 2.16. The molecule has 0 aromatic carbocycles. The van der Waals surface area contributed by atoms with E-state index < -0.39 is 5.54 Å². The van der Waals surface area contributed by atoms with Gasteiger partial charge in [0.2, 0.25) is 5.91 Å². The first-order chi connectivity index (χ1) is 4.96. The van der Waals surface area contributed by atoms with Crippen molar-refractivity contribution in [2.45, 2.75) is 33.2 Å². The van der Waals surface area contributed by atoms with Crippen molar-refractivity contribution in [3.63, 3.8) is 0 Å². The summed E-state index contributed by atoms with van der Waals surface area (Å²) in [5.41, 5.74) is 4.73. The first kappa shape index (κ1) is 10.4. The lowest BCUT2D eigenvalue weighted by Crippen LogP contribution is -2.53. The topological polar surface area (TPSA) is 46.3 Å². The van der Waals surface area contributed by atoms with E-state index in [4.69, 9.17) is 5.73 Å². The Kier molecular flexibility index (Phi) is 3.52. The Morgan fingerprint density at radius 2 is 1.73 bits per heavy atom. The fourth-order valence-corrected chi connectivity index (χ4v) is 1.17. The van der Waals surface area contributed by atoms with Crippen LogP contribution in [-0.4, -0.2) is 29.4 Å². The molecule has 0 aromatic rings. The van der Waals surface area contributed by atoms with Crippen LogP contribution in [0.15, 0.2) is 0 Å². The van der Waals surface area contributed by atoms with Crippen LogP contribution >= 0.6 is 0 Å². The lowest BCUT2D eigenvalue weighted by Gasteiger charge is -2.33. The molecular formula is C8H18N2O. The maximum absolute atomic E-state index is 11.0. The number of hydrogen-bond donors (Lipinski definition) is 1. The summed E-state index contributed by atoms with van der Waals surface area (Å²) in [5, 5.41) is 0. The molecule has 0 saturated carbocycles. The summed E-state index contributed by atoms with van der Waals surface area (Å²) in [4.78, 5) is 13.0. The van der Waals surface area contributed by atoms with E-state index in [0.29, 0.717) is 0 Å². The Morgan fingerprint density at radius 1 is 1.36 bits per heavy atom. The minimum Gasteiger partial charge on any atom is -0.368 e. The first-order valence-corrected chi connectivity index (χ1v) is 4.01. The maximum atomic E-state index is 11.0. The molecule has 3 nitrogen and oxygen atoms in total. The van der Waals surface area contributed by atoms with Gasteiger partial charge in [0, 0.05) is 0 Å². The third-order valence-corrected chi connectivity index (χ3v) is 2.16. The molecule has 0 aliphatic heterocycles. The van der Waals surface area contributed by atoms with Gasteiger partial charge in [-0.15, -0.1) is 0 Å². The van der Waals surface area contributed by atoms with Gasteiger partial charge in [-0.05, 0) is 26.9 Å². The van der Waals surface area contributed by atoms with Crippen LogP contribution < -0.4 is 5.73 Å². The molecule has 0 spiro atoms. The van der Waals surface area contributed by atoms with Gasteiger partial charge in [0.25, 0.3) is 0 Å². The molecule has 3 heteroatoms. The third kappa shape index (κ3) is 2.19. The van der Waals surface area contributed by atoms with E-state index in [-0.39, 0.29) is 5.91 Å². The second-order valence-corrected chi connectivity index (χ2v) is 3.10. The van der Waals surface area contributed by atoms with Gasteiger partial charge in [-0.25, -0.2) is 0 Å². The Balaban J connectivity index is 4.36. The predicted molar refractivity (Wildman–Crippen MR) is 46.2 cm³/mol. The average molecular weight is 158 g/mol. The number of rotatable bonds is 4. The van der Waals surface area contributed by atoms with Crippen molar-refractivity contribution < 1.29 is 4.79 Å². The summed E-state index contributed by atoms with van der Waals surface area (Å²) in [5.74, 6) is -0.263. The molecule has 2 N–H and O–H groups in total. The van der Waals surface area contributed by atoms with Crippen molar-refractivity contribution in [3.05, 3.63) is 0 Å². The Labute approximate surface area is 68.6 Å². The Hall–Kier alpha value is -0.570. The van der Waals surface area contributed by atoms with Gasteiger partial charge in [-0.2, -0.15) is 0 Å². The number of likely N-dealkylation sites (N-methyl/N-ethyl adjacent to an activating group) is 1. The zero-order valence-corrected chi connectivity index (χ0v) is 7.85. The molecule has 1 amide bonds. The van der Waals surface area contributed by atoms with Gasteiger partial charge in [-0.3, -0.25) is 9.69 Å².